The number of aromatic nitrogens is 2. The summed E-state index contributed by atoms with van der Waals surface area (Å²) in [6, 6.07) is 10.4. The fourth-order valence-electron chi connectivity index (χ4n) is 2.51. The third-order valence-corrected chi connectivity index (χ3v) is 4.47. The van der Waals surface area contributed by atoms with E-state index in [-0.39, 0.29) is 12.2 Å². The molecule has 2 aromatic carbocycles. The zero-order chi connectivity index (χ0) is 20.3. The normalized spacial score (nSPS) is 10.6. The molecule has 0 spiro atoms. The summed E-state index contributed by atoms with van der Waals surface area (Å²) in [4.78, 5) is 24.3. The number of nitrogens with zero attached hydrogens (tertiary/aromatic N) is 2. The highest BCUT2D eigenvalue weighted by Gasteiger charge is 2.16. The summed E-state index contributed by atoms with van der Waals surface area (Å²) in [6.07, 6.45) is 1.42. The van der Waals surface area contributed by atoms with Crippen molar-refractivity contribution in [2.45, 2.75) is 6.92 Å². The molecule has 28 heavy (non-hydrogen) atoms. The van der Waals surface area contributed by atoms with Crippen LogP contribution < -0.4 is 10.6 Å². The van der Waals surface area contributed by atoms with Crippen LogP contribution in [0.2, 0.25) is 0 Å². The molecule has 9 heteroatoms. The van der Waals surface area contributed by atoms with Crippen molar-refractivity contribution in [3.05, 3.63) is 76.0 Å². The highest BCUT2D eigenvalue weighted by atomic mass is 79.9. The predicted molar refractivity (Wildman–Crippen MR) is 103 cm³/mol. The zero-order valence-electron chi connectivity index (χ0n) is 14.7. The van der Waals surface area contributed by atoms with Crippen molar-refractivity contribution in [1.82, 2.24) is 15.1 Å². The Bertz CT molecular complexity index is 1030. The Morgan fingerprint density at radius 3 is 2.50 bits per heavy atom. The molecule has 144 valence electrons. The third kappa shape index (κ3) is 4.42. The van der Waals surface area contributed by atoms with Gasteiger partial charge in [0.15, 0.2) is 11.6 Å². The Labute approximate surface area is 167 Å². The summed E-state index contributed by atoms with van der Waals surface area (Å²) in [5.41, 5.74) is 1.82. The van der Waals surface area contributed by atoms with E-state index in [0.29, 0.717) is 11.3 Å². The van der Waals surface area contributed by atoms with E-state index in [2.05, 4.69) is 31.7 Å². The lowest BCUT2D eigenvalue weighted by Crippen LogP contribution is -2.33. The molecule has 0 aliphatic rings. The van der Waals surface area contributed by atoms with Gasteiger partial charge < -0.3 is 10.6 Å². The van der Waals surface area contributed by atoms with Gasteiger partial charge in [-0.2, -0.15) is 5.10 Å². The summed E-state index contributed by atoms with van der Waals surface area (Å²) in [7, 11) is 0. The van der Waals surface area contributed by atoms with Crippen LogP contribution >= 0.6 is 15.9 Å². The average Bonchev–Trinajstić information content (AvgIpc) is 3.05. The molecule has 0 saturated heterocycles. The summed E-state index contributed by atoms with van der Waals surface area (Å²) in [5.74, 6) is -3.12. The van der Waals surface area contributed by atoms with Crippen molar-refractivity contribution in [2.24, 2.45) is 0 Å². The number of halogens is 3. The van der Waals surface area contributed by atoms with Crippen molar-refractivity contribution < 1.29 is 18.4 Å². The van der Waals surface area contributed by atoms with Gasteiger partial charge in [0, 0.05) is 16.2 Å². The molecule has 2 N–H and O–H groups in total. The van der Waals surface area contributed by atoms with E-state index in [4.69, 9.17) is 0 Å². The second kappa shape index (κ2) is 8.30. The van der Waals surface area contributed by atoms with Crippen LogP contribution in [0.1, 0.15) is 16.1 Å². The maximum atomic E-state index is 13.2. The molecule has 3 rings (SSSR count). The number of anilines is 1. The van der Waals surface area contributed by atoms with Gasteiger partial charge in [-0.05, 0) is 43.3 Å². The Morgan fingerprint density at radius 2 is 1.82 bits per heavy atom. The Morgan fingerprint density at radius 1 is 1.11 bits per heavy atom. The largest absolute Gasteiger partial charge is 0.343 e. The van der Waals surface area contributed by atoms with Gasteiger partial charge in [0.25, 0.3) is 5.91 Å². The number of hydrogen-bond acceptors (Lipinski definition) is 3. The number of carbonyl (C=O) groups is 2. The van der Waals surface area contributed by atoms with E-state index in [1.54, 1.807) is 11.6 Å². The molecular weight excluding hydrogens is 434 g/mol. The van der Waals surface area contributed by atoms with Gasteiger partial charge in [-0.1, -0.05) is 15.9 Å². The lowest BCUT2D eigenvalue weighted by molar-refractivity contribution is -0.115. The number of benzene rings is 2. The molecule has 0 atom stereocenters. The summed E-state index contributed by atoms with van der Waals surface area (Å²) < 4.78 is 28.6. The Kier molecular flexibility index (Phi) is 5.84. The van der Waals surface area contributed by atoms with E-state index in [9.17, 15) is 18.4 Å². The molecule has 0 saturated carbocycles. The fourth-order valence-corrected chi connectivity index (χ4v) is 2.77. The van der Waals surface area contributed by atoms with Gasteiger partial charge in [0.2, 0.25) is 5.91 Å². The first-order valence-corrected chi connectivity index (χ1v) is 8.98. The smallest absolute Gasteiger partial charge is 0.255 e. The molecule has 2 amide bonds. The summed E-state index contributed by atoms with van der Waals surface area (Å²) in [6.45, 7) is 1.41. The highest BCUT2D eigenvalue weighted by molar-refractivity contribution is 9.10. The molecule has 0 unspecified atom stereocenters. The van der Waals surface area contributed by atoms with Crippen LogP contribution in [-0.4, -0.2) is 28.1 Å². The Balaban J connectivity index is 1.62. The van der Waals surface area contributed by atoms with Gasteiger partial charge in [-0.3, -0.25) is 9.59 Å². The first-order chi connectivity index (χ1) is 13.3. The molecule has 0 fully saturated rings. The van der Waals surface area contributed by atoms with E-state index >= 15 is 0 Å². The van der Waals surface area contributed by atoms with E-state index < -0.39 is 23.4 Å². The lowest BCUT2D eigenvalue weighted by Gasteiger charge is -2.08. The van der Waals surface area contributed by atoms with Crippen LogP contribution in [0.15, 0.2) is 53.1 Å². The van der Waals surface area contributed by atoms with Crippen LogP contribution in [0.5, 0.6) is 0 Å². The van der Waals surface area contributed by atoms with E-state index in [0.717, 1.165) is 22.3 Å². The Hall–Kier alpha value is -3.07. The first-order valence-electron chi connectivity index (χ1n) is 8.19. The van der Waals surface area contributed by atoms with Crippen LogP contribution in [0.4, 0.5) is 14.5 Å². The van der Waals surface area contributed by atoms with Gasteiger partial charge in [-0.15, -0.1) is 0 Å². The van der Waals surface area contributed by atoms with Gasteiger partial charge in [-0.25, -0.2) is 13.5 Å². The second-order valence-corrected chi connectivity index (χ2v) is 6.81. The summed E-state index contributed by atoms with van der Waals surface area (Å²) in [5, 5.41) is 9.07. The first kappa shape index (κ1) is 19.7. The maximum Gasteiger partial charge on any atom is 0.255 e. The van der Waals surface area contributed by atoms with Crippen LogP contribution in [0.3, 0.4) is 0 Å². The average molecular weight is 449 g/mol. The highest BCUT2D eigenvalue weighted by Crippen LogP contribution is 2.17. The summed E-state index contributed by atoms with van der Waals surface area (Å²) >= 11 is 3.36. The molecule has 0 bridgehead atoms. The number of rotatable bonds is 5. The van der Waals surface area contributed by atoms with Crippen molar-refractivity contribution in [2.75, 3.05) is 11.9 Å². The van der Waals surface area contributed by atoms with Crippen molar-refractivity contribution in [1.29, 1.82) is 0 Å². The fraction of sp³-hybridized carbons (Fsp3) is 0.105. The number of nitrogens with one attached hydrogen (secondary N) is 2. The molecule has 0 radical (unpaired) electrons. The van der Waals surface area contributed by atoms with Crippen LogP contribution in [0, 0.1) is 18.6 Å². The minimum absolute atomic E-state index is 0.0948. The topological polar surface area (TPSA) is 76.0 Å². The van der Waals surface area contributed by atoms with Crippen molar-refractivity contribution in [3.63, 3.8) is 0 Å². The van der Waals surface area contributed by atoms with Crippen molar-refractivity contribution in [3.8, 4) is 5.69 Å². The molecule has 6 nitrogen and oxygen atoms in total. The van der Waals surface area contributed by atoms with Gasteiger partial charge >= 0.3 is 0 Å². The SMILES string of the molecule is Cc1c(C(=O)NCC(=O)Nc2ccc(F)c(F)c2)cnn1-c1ccc(Br)cc1. The van der Waals surface area contributed by atoms with Crippen LogP contribution in [-0.2, 0) is 4.79 Å². The molecule has 0 aliphatic heterocycles. The van der Waals surface area contributed by atoms with Crippen molar-refractivity contribution >= 4 is 33.4 Å². The third-order valence-electron chi connectivity index (χ3n) is 3.94. The zero-order valence-corrected chi connectivity index (χ0v) is 16.3. The number of hydrogen-bond donors (Lipinski definition) is 2. The quantitative estimate of drug-likeness (QED) is 0.626. The maximum absolute atomic E-state index is 13.2. The number of amides is 2. The van der Waals surface area contributed by atoms with Crippen LogP contribution in [0.25, 0.3) is 5.69 Å². The minimum Gasteiger partial charge on any atom is -0.343 e. The second-order valence-electron chi connectivity index (χ2n) is 5.89. The standard InChI is InChI=1S/C19H15BrF2N4O2/c1-11-15(9-24-26(11)14-5-2-12(20)3-6-14)19(28)23-10-18(27)25-13-4-7-16(21)17(22)8-13/h2-9H,10H2,1H3,(H,23,28)(H,25,27). The monoisotopic (exact) mass is 448 g/mol. The molecular formula is C19H15BrF2N4O2. The molecule has 1 aromatic heterocycles. The predicted octanol–water partition coefficient (Wildman–Crippen LogP) is 3.59. The minimum atomic E-state index is -1.07. The molecule has 1 heterocycles. The van der Waals surface area contributed by atoms with E-state index in [1.807, 2.05) is 24.3 Å². The molecule has 0 aliphatic carbocycles. The van der Waals surface area contributed by atoms with E-state index in [1.165, 1.54) is 12.3 Å². The molecule has 3 aromatic rings. The van der Waals surface area contributed by atoms with Gasteiger partial charge in [0.05, 0.1) is 29.7 Å². The van der Waals surface area contributed by atoms with Gasteiger partial charge in [0.1, 0.15) is 0 Å². The number of carbonyl (C=O) groups excluding carboxylic acids is 2. The lowest BCUT2D eigenvalue weighted by atomic mass is 10.2.